The van der Waals surface area contributed by atoms with Crippen molar-refractivity contribution in [2.24, 2.45) is 0 Å². The fraction of sp³-hybridized carbons (Fsp3) is 0.500. The number of hydrogen-bond donors (Lipinski definition) is 3. The maximum Gasteiger partial charge on any atom is 0.251 e. The average molecular weight is 292 g/mol. The highest BCUT2D eigenvalue weighted by molar-refractivity contribution is 5.97. The molecule has 0 saturated heterocycles. The van der Waals surface area contributed by atoms with Gasteiger partial charge in [-0.2, -0.15) is 0 Å². The fourth-order valence-corrected chi connectivity index (χ4v) is 1.90. The van der Waals surface area contributed by atoms with E-state index in [9.17, 15) is 9.59 Å². The van der Waals surface area contributed by atoms with E-state index in [1.165, 1.54) is 12.8 Å². The molecule has 1 aromatic rings. The van der Waals surface area contributed by atoms with E-state index >= 15 is 0 Å². The summed E-state index contributed by atoms with van der Waals surface area (Å²) < 4.78 is 0. The SMILES string of the molecule is CCCCCCNC(=O)c1ccc(C(=O)NCCO)cc1. The van der Waals surface area contributed by atoms with Gasteiger partial charge in [0.15, 0.2) is 0 Å². The average Bonchev–Trinajstić information content (AvgIpc) is 2.52. The molecule has 0 saturated carbocycles. The first-order chi connectivity index (χ1) is 10.2. The molecule has 0 radical (unpaired) electrons. The van der Waals surface area contributed by atoms with Gasteiger partial charge in [-0.1, -0.05) is 26.2 Å². The zero-order chi connectivity index (χ0) is 15.5. The number of benzene rings is 1. The summed E-state index contributed by atoms with van der Waals surface area (Å²) in [7, 11) is 0. The van der Waals surface area contributed by atoms with Crippen molar-refractivity contribution < 1.29 is 14.7 Å². The molecule has 0 bridgehead atoms. The Balaban J connectivity index is 2.42. The Morgan fingerprint density at radius 1 is 0.905 bits per heavy atom. The molecular weight excluding hydrogens is 268 g/mol. The Hall–Kier alpha value is -1.88. The van der Waals surface area contributed by atoms with Crippen molar-refractivity contribution >= 4 is 11.8 Å². The highest BCUT2D eigenvalue weighted by atomic mass is 16.3. The van der Waals surface area contributed by atoms with E-state index in [0.717, 1.165) is 12.8 Å². The zero-order valence-electron chi connectivity index (χ0n) is 12.5. The molecule has 21 heavy (non-hydrogen) atoms. The lowest BCUT2D eigenvalue weighted by atomic mass is 10.1. The van der Waals surface area contributed by atoms with Gasteiger partial charge >= 0.3 is 0 Å². The summed E-state index contributed by atoms with van der Waals surface area (Å²) in [6.45, 7) is 2.96. The van der Waals surface area contributed by atoms with Crippen LogP contribution in [0.5, 0.6) is 0 Å². The minimum Gasteiger partial charge on any atom is -0.395 e. The van der Waals surface area contributed by atoms with Crippen molar-refractivity contribution in [2.45, 2.75) is 32.6 Å². The van der Waals surface area contributed by atoms with Crippen LogP contribution in [0.3, 0.4) is 0 Å². The van der Waals surface area contributed by atoms with Crippen LogP contribution in [0.1, 0.15) is 53.3 Å². The Labute approximate surface area is 125 Å². The van der Waals surface area contributed by atoms with Crippen molar-refractivity contribution in [2.75, 3.05) is 19.7 Å². The number of nitrogens with one attached hydrogen (secondary N) is 2. The second-order valence-electron chi connectivity index (χ2n) is 4.87. The van der Waals surface area contributed by atoms with Crippen LogP contribution >= 0.6 is 0 Å². The monoisotopic (exact) mass is 292 g/mol. The first-order valence-corrected chi connectivity index (χ1v) is 7.46. The predicted molar refractivity (Wildman–Crippen MR) is 82.3 cm³/mol. The summed E-state index contributed by atoms with van der Waals surface area (Å²) >= 11 is 0. The second-order valence-corrected chi connectivity index (χ2v) is 4.87. The van der Waals surface area contributed by atoms with Crippen LogP contribution in [0, 0.1) is 0 Å². The molecular formula is C16H24N2O3. The van der Waals surface area contributed by atoms with Crippen LogP contribution in [-0.2, 0) is 0 Å². The van der Waals surface area contributed by atoms with Crippen LogP contribution < -0.4 is 10.6 Å². The lowest BCUT2D eigenvalue weighted by Crippen LogP contribution is -2.27. The van der Waals surface area contributed by atoms with Gasteiger partial charge in [0.2, 0.25) is 0 Å². The molecule has 0 aliphatic carbocycles. The molecule has 0 unspecified atom stereocenters. The standard InChI is InChI=1S/C16H24N2O3/c1-2-3-4-5-10-17-15(20)13-6-8-14(9-7-13)16(21)18-11-12-19/h6-9,19H,2-5,10-12H2,1H3,(H,17,20)(H,18,21). The minimum absolute atomic E-state index is 0.0930. The van der Waals surface area contributed by atoms with Gasteiger partial charge < -0.3 is 15.7 Å². The van der Waals surface area contributed by atoms with Gasteiger partial charge in [-0.25, -0.2) is 0 Å². The predicted octanol–water partition coefficient (Wildman–Crippen LogP) is 1.72. The maximum atomic E-state index is 11.9. The van der Waals surface area contributed by atoms with E-state index in [4.69, 9.17) is 5.11 Å². The number of unbranched alkanes of at least 4 members (excludes halogenated alkanes) is 3. The number of aliphatic hydroxyl groups excluding tert-OH is 1. The van der Waals surface area contributed by atoms with Crippen molar-refractivity contribution in [3.05, 3.63) is 35.4 Å². The molecule has 1 rings (SSSR count). The van der Waals surface area contributed by atoms with E-state index in [0.29, 0.717) is 17.7 Å². The maximum absolute atomic E-state index is 11.9. The Kier molecular flexibility index (Phi) is 8.12. The van der Waals surface area contributed by atoms with E-state index < -0.39 is 0 Å². The van der Waals surface area contributed by atoms with Crippen molar-refractivity contribution in [1.29, 1.82) is 0 Å². The van der Waals surface area contributed by atoms with Gasteiger partial charge in [0, 0.05) is 24.2 Å². The van der Waals surface area contributed by atoms with Gasteiger partial charge in [0.1, 0.15) is 0 Å². The lowest BCUT2D eigenvalue weighted by molar-refractivity contribution is 0.0936. The molecule has 0 heterocycles. The molecule has 0 aromatic heterocycles. The van der Waals surface area contributed by atoms with Crippen molar-refractivity contribution in [1.82, 2.24) is 10.6 Å². The second kappa shape index (κ2) is 9.94. The number of aliphatic hydroxyl groups is 1. The number of hydrogen-bond acceptors (Lipinski definition) is 3. The van der Waals surface area contributed by atoms with Crippen LogP contribution in [0.4, 0.5) is 0 Å². The molecule has 1 aromatic carbocycles. The van der Waals surface area contributed by atoms with Gasteiger partial charge in [-0.15, -0.1) is 0 Å². The third-order valence-electron chi connectivity index (χ3n) is 3.12. The smallest absolute Gasteiger partial charge is 0.251 e. The molecule has 0 aliphatic heterocycles. The molecule has 0 aliphatic rings. The van der Waals surface area contributed by atoms with E-state index in [2.05, 4.69) is 17.6 Å². The Bertz CT molecular complexity index is 443. The fourth-order valence-electron chi connectivity index (χ4n) is 1.90. The molecule has 0 atom stereocenters. The molecule has 0 spiro atoms. The van der Waals surface area contributed by atoms with Crippen LogP contribution in [0.2, 0.25) is 0 Å². The minimum atomic E-state index is -0.254. The highest BCUT2D eigenvalue weighted by Gasteiger charge is 2.08. The largest absolute Gasteiger partial charge is 0.395 e. The van der Waals surface area contributed by atoms with E-state index in [1.807, 2.05) is 0 Å². The normalized spacial score (nSPS) is 10.2. The molecule has 5 nitrogen and oxygen atoms in total. The molecule has 2 amide bonds. The van der Waals surface area contributed by atoms with Crippen LogP contribution in [-0.4, -0.2) is 36.6 Å². The van der Waals surface area contributed by atoms with Crippen LogP contribution in [0.15, 0.2) is 24.3 Å². The van der Waals surface area contributed by atoms with Gasteiger partial charge in [-0.3, -0.25) is 9.59 Å². The summed E-state index contributed by atoms with van der Waals surface area (Å²) in [6.07, 6.45) is 4.48. The molecule has 3 N–H and O–H groups in total. The topological polar surface area (TPSA) is 78.4 Å². The quantitative estimate of drug-likeness (QED) is 0.606. The first-order valence-electron chi connectivity index (χ1n) is 7.46. The summed E-state index contributed by atoms with van der Waals surface area (Å²) in [5.41, 5.74) is 1.02. The van der Waals surface area contributed by atoms with Gasteiger partial charge in [0.05, 0.1) is 6.61 Å². The first kappa shape index (κ1) is 17.2. The number of rotatable bonds is 9. The Morgan fingerprint density at radius 3 is 1.90 bits per heavy atom. The lowest BCUT2D eigenvalue weighted by Gasteiger charge is -2.06. The van der Waals surface area contributed by atoms with E-state index in [-0.39, 0.29) is 25.0 Å². The number of carbonyl (C=O) groups excluding carboxylic acids is 2. The number of amides is 2. The third-order valence-corrected chi connectivity index (χ3v) is 3.12. The number of carbonyl (C=O) groups is 2. The van der Waals surface area contributed by atoms with Gasteiger partial charge in [0.25, 0.3) is 11.8 Å². The summed E-state index contributed by atoms with van der Waals surface area (Å²) in [6, 6.07) is 6.49. The highest BCUT2D eigenvalue weighted by Crippen LogP contribution is 2.05. The molecule has 0 fully saturated rings. The van der Waals surface area contributed by atoms with Crippen molar-refractivity contribution in [3.8, 4) is 0 Å². The zero-order valence-corrected chi connectivity index (χ0v) is 12.5. The van der Waals surface area contributed by atoms with Gasteiger partial charge in [-0.05, 0) is 30.7 Å². The van der Waals surface area contributed by atoms with Crippen LogP contribution in [0.25, 0.3) is 0 Å². The molecule has 116 valence electrons. The summed E-state index contributed by atoms with van der Waals surface area (Å²) in [5, 5.41) is 14.1. The van der Waals surface area contributed by atoms with E-state index in [1.54, 1.807) is 24.3 Å². The summed E-state index contributed by atoms with van der Waals surface area (Å²) in [5.74, 6) is -0.371. The van der Waals surface area contributed by atoms with Crippen molar-refractivity contribution in [3.63, 3.8) is 0 Å². The molecule has 5 heteroatoms. The third kappa shape index (κ3) is 6.40. The summed E-state index contributed by atoms with van der Waals surface area (Å²) in [4.78, 5) is 23.5. The Morgan fingerprint density at radius 2 is 1.43 bits per heavy atom.